The number of carbonyl (C=O) groups excluding carboxylic acids is 2. The van der Waals surface area contributed by atoms with Crippen molar-refractivity contribution in [3.63, 3.8) is 0 Å². The van der Waals surface area contributed by atoms with Crippen LogP contribution in [-0.2, 0) is 11.3 Å². The van der Waals surface area contributed by atoms with Crippen LogP contribution in [0.2, 0.25) is 0 Å². The molecule has 1 aliphatic heterocycles. The first-order chi connectivity index (χ1) is 12.0. The number of nitrogens with zero attached hydrogens (tertiary/aromatic N) is 2. The molecule has 2 rings (SSSR count). The van der Waals surface area contributed by atoms with Gasteiger partial charge in [-0.05, 0) is 31.7 Å². The standard InChI is InChI=1S/C19H30N4O2/c1-15(20)8-11-21-18(24)17-9-12-23(13-10-17)19(25)22(2)14-16-6-4-3-5-7-16/h3-7,15,17H,8-14,20H2,1-2H3,(H,21,24). The quantitative estimate of drug-likeness (QED) is 0.824. The zero-order chi connectivity index (χ0) is 18.2. The van der Waals surface area contributed by atoms with E-state index in [0.29, 0.717) is 26.2 Å². The molecule has 138 valence electrons. The molecule has 1 fully saturated rings. The highest BCUT2D eigenvalue weighted by Gasteiger charge is 2.28. The molecule has 1 aromatic rings. The Hall–Kier alpha value is -2.08. The van der Waals surface area contributed by atoms with Crippen LogP contribution in [0.15, 0.2) is 30.3 Å². The molecular formula is C19H30N4O2. The molecule has 1 aromatic carbocycles. The van der Waals surface area contributed by atoms with E-state index in [2.05, 4.69) is 5.32 Å². The number of likely N-dealkylation sites (tertiary alicyclic amines) is 1. The van der Waals surface area contributed by atoms with Crippen molar-refractivity contribution in [2.24, 2.45) is 11.7 Å². The van der Waals surface area contributed by atoms with Crippen molar-refractivity contribution in [2.75, 3.05) is 26.7 Å². The van der Waals surface area contributed by atoms with Crippen LogP contribution in [0.3, 0.4) is 0 Å². The number of hydrogen-bond acceptors (Lipinski definition) is 3. The monoisotopic (exact) mass is 346 g/mol. The fourth-order valence-corrected chi connectivity index (χ4v) is 3.07. The van der Waals surface area contributed by atoms with E-state index in [0.717, 1.165) is 24.8 Å². The third-order valence-corrected chi connectivity index (χ3v) is 4.62. The Balaban J connectivity index is 1.75. The molecule has 0 saturated carbocycles. The summed E-state index contributed by atoms with van der Waals surface area (Å²) in [5.41, 5.74) is 6.80. The van der Waals surface area contributed by atoms with Gasteiger partial charge in [-0.1, -0.05) is 30.3 Å². The highest BCUT2D eigenvalue weighted by atomic mass is 16.2. The maximum atomic E-state index is 12.6. The van der Waals surface area contributed by atoms with Gasteiger partial charge in [0.2, 0.25) is 5.91 Å². The van der Waals surface area contributed by atoms with Crippen LogP contribution in [0.25, 0.3) is 0 Å². The van der Waals surface area contributed by atoms with Gasteiger partial charge in [0.15, 0.2) is 0 Å². The van der Waals surface area contributed by atoms with Gasteiger partial charge in [-0.2, -0.15) is 0 Å². The molecule has 1 atom stereocenters. The third kappa shape index (κ3) is 6.05. The molecule has 0 spiro atoms. The molecule has 1 heterocycles. The number of benzene rings is 1. The van der Waals surface area contributed by atoms with Crippen LogP contribution < -0.4 is 11.1 Å². The van der Waals surface area contributed by atoms with Crippen molar-refractivity contribution in [2.45, 2.75) is 38.8 Å². The van der Waals surface area contributed by atoms with Gasteiger partial charge in [0.05, 0.1) is 0 Å². The summed E-state index contributed by atoms with van der Waals surface area (Å²) in [6.45, 7) is 4.40. The first-order valence-electron chi connectivity index (χ1n) is 9.04. The second-order valence-electron chi connectivity index (χ2n) is 6.94. The van der Waals surface area contributed by atoms with Crippen molar-refractivity contribution in [1.82, 2.24) is 15.1 Å². The average molecular weight is 346 g/mol. The van der Waals surface area contributed by atoms with Crippen LogP contribution in [0.1, 0.15) is 31.7 Å². The van der Waals surface area contributed by atoms with E-state index >= 15 is 0 Å². The lowest BCUT2D eigenvalue weighted by atomic mass is 9.96. The van der Waals surface area contributed by atoms with E-state index in [-0.39, 0.29) is 23.9 Å². The summed E-state index contributed by atoms with van der Waals surface area (Å²) in [6.07, 6.45) is 2.22. The zero-order valence-corrected chi connectivity index (χ0v) is 15.3. The summed E-state index contributed by atoms with van der Waals surface area (Å²) in [5.74, 6) is 0.0851. The van der Waals surface area contributed by atoms with Gasteiger partial charge in [0.25, 0.3) is 0 Å². The summed E-state index contributed by atoms with van der Waals surface area (Å²) in [4.78, 5) is 28.3. The van der Waals surface area contributed by atoms with Crippen LogP contribution in [0.4, 0.5) is 4.79 Å². The molecule has 0 bridgehead atoms. The fourth-order valence-electron chi connectivity index (χ4n) is 3.07. The minimum Gasteiger partial charge on any atom is -0.356 e. The SMILES string of the molecule is CC(N)CCNC(=O)C1CCN(C(=O)N(C)Cc2ccccc2)CC1. The molecule has 3 amide bonds. The van der Waals surface area contributed by atoms with E-state index in [1.165, 1.54) is 0 Å². The minimum absolute atomic E-state index is 0.00319. The molecule has 1 unspecified atom stereocenters. The van der Waals surface area contributed by atoms with Gasteiger partial charge in [0, 0.05) is 45.2 Å². The van der Waals surface area contributed by atoms with E-state index in [9.17, 15) is 9.59 Å². The van der Waals surface area contributed by atoms with E-state index < -0.39 is 0 Å². The van der Waals surface area contributed by atoms with Crippen LogP contribution in [0.5, 0.6) is 0 Å². The summed E-state index contributed by atoms with van der Waals surface area (Å²) in [6, 6.07) is 10.1. The predicted molar refractivity (Wildman–Crippen MR) is 98.9 cm³/mol. The summed E-state index contributed by atoms with van der Waals surface area (Å²) in [5, 5.41) is 2.95. The molecule has 6 heteroatoms. The van der Waals surface area contributed by atoms with Crippen LogP contribution in [-0.4, -0.2) is 54.5 Å². The Kier molecular flexibility index (Phi) is 7.25. The van der Waals surface area contributed by atoms with E-state index in [4.69, 9.17) is 5.73 Å². The number of amides is 3. The highest BCUT2D eigenvalue weighted by Crippen LogP contribution is 2.19. The Morgan fingerprint density at radius 3 is 2.52 bits per heavy atom. The molecule has 1 aliphatic rings. The first kappa shape index (κ1) is 19.2. The van der Waals surface area contributed by atoms with E-state index in [1.807, 2.05) is 49.2 Å². The lowest BCUT2D eigenvalue weighted by Gasteiger charge is -2.34. The predicted octanol–water partition coefficient (Wildman–Crippen LogP) is 1.80. The Morgan fingerprint density at radius 1 is 1.28 bits per heavy atom. The van der Waals surface area contributed by atoms with Crippen molar-refractivity contribution < 1.29 is 9.59 Å². The normalized spacial score (nSPS) is 16.4. The topological polar surface area (TPSA) is 78.7 Å². The van der Waals surface area contributed by atoms with Crippen molar-refractivity contribution in [3.8, 4) is 0 Å². The zero-order valence-electron chi connectivity index (χ0n) is 15.3. The lowest BCUT2D eigenvalue weighted by Crippen LogP contribution is -2.47. The highest BCUT2D eigenvalue weighted by molar-refractivity contribution is 5.79. The van der Waals surface area contributed by atoms with Gasteiger partial charge >= 0.3 is 6.03 Å². The first-order valence-corrected chi connectivity index (χ1v) is 9.04. The molecule has 0 aliphatic carbocycles. The molecule has 3 N–H and O–H groups in total. The lowest BCUT2D eigenvalue weighted by molar-refractivity contribution is -0.126. The summed E-state index contributed by atoms with van der Waals surface area (Å²) in [7, 11) is 1.82. The smallest absolute Gasteiger partial charge is 0.320 e. The maximum Gasteiger partial charge on any atom is 0.320 e. The fraction of sp³-hybridized carbons (Fsp3) is 0.579. The molecule has 0 radical (unpaired) electrons. The van der Waals surface area contributed by atoms with Gasteiger partial charge in [-0.25, -0.2) is 4.79 Å². The Labute approximate surface area is 150 Å². The Morgan fingerprint density at radius 2 is 1.92 bits per heavy atom. The number of carbonyl (C=O) groups is 2. The van der Waals surface area contributed by atoms with Crippen molar-refractivity contribution in [1.29, 1.82) is 0 Å². The van der Waals surface area contributed by atoms with Crippen LogP contribution in [0, 0.1) is 5.92 Å². The third-order valence-electron chi connectivity index (χ3n) is 4.62. The van der Waals surface area contributed by atoms with Gasteiger partial charge in [-0.15, -0.1) is 0 Å². The molecule has 25 heavy (non-hydrogen) atoms. The summed E-state index contributed by atoms with van der Waals surface area (Å²) < 4.78 is 0. The minimum atomic E-state index is -0.00319. The Bertz CT molecular complexity index is 554. The summed E-state index contributed by atoms with van der Waals surface area (Å²) >= 11 is 0. The second kappa shape index (κ2) is 9.42. The van der Waals surface area contributed by atoms with Gasteiger partial charge in [-0.3, -0.25) is 4.79 Å². The van der Waals surface area contributed by atoms with Crippen molar-refractivity contribution >= 4 is 11.9 Å². The molecule has 0 aromatic heterocycles. The van der Waals surface area contributed by atoms with Crippen molar-refractivity contribution in [3.05, 3.63) is 35.9 Å². The number of rotatable bonds is 6. The molecule has 1 saturated heterocycles. The number of hydrogen-bond donors (Lipinski definition) is 2. The largest absolute Gasteiger partial charge is 0.356 e. The van der Waals surface area contributed by atoms with Crippen LogP contribution >= 0.6 is 0 Å². The average Bonchev–Trinajstić information content (AvgIpc) is 2.61. The maximum absolute atomic E-state index is 12.6. The van der Waals surface area contributed by atoms with Gasteiger partial charge < -0.3 is 20.9 Å². The number of nitrogens with two attached hydrogens (primary N) is 1. The van der Waals surface area contributed by atoms with Gasteiger partial charge in [0.1, 0.15) is 0 Å². The number of urea groups is 1. The van der Waals surface area contributed by atoms with E-state index in [1.54, 1.807) is 4.90 Å². The second-order valence-corrected chi connectivity index (χ2v) is 6.94. The molecular weight excluding hydrogens is 316 g/mol. The number of nitrogens with one attached hydrogen (secondary N) is 1. The number of piperidine rings is 1. The molecule has 6 nitrogen and oxygen atoms in total.